The number of rotatable bonds is 5. The van der Waals surface area contributed by atoms with Crippen molar-refractivity contribution >= 4 is 0 Å². The molecule has 0 saturated heterocycles. The van der Waals surface area contributed by atoms with E-state index in [1.165, 1.54) is 25.8 Å². The normalized spacial score (nSPS) is 21.0. The van der Waals surface area contributed by atoms with Crippen LogP contribution in [0.5, 0.6) is 0 Å². The summed E-state index contributed by atoms with van der Waals surface area (Å²) in [4.78, 5) is 2.47. The van der Waals surface area contributed by atoms with Crippen LogP contribution in [0.15, 0.2) is 0 Å². The maximum absolute atomic E-state index is 3.22. The lowest BCUT2D eigenvalue weighted by molar-refractivity contribution is 0.168. The Bertz CT molecular complexity index is 121. The van der Waals surface area contributed by atoms with Gasteiger partial charge in [0.1, 0.15) is 0 Å². The molecule has 1 aliphatic rings. The molecule has 0 heterocycles. The largest absolute Gasteiger partial charge is 0.318 e. The van der Waals surface area contributed by atoms with Crippen LogP contribution in [0, 0.1) is 5.92 Å². The summed E-state index contributed by atoms with van der Waals surface area (Å²) in [6.45, 7) is 4.68. The predicted octanol–water partition coefficient (Wildman–Crippen LogP) is 1.33. The van der Waals surface area contributed by atoms with E-state index in [1.807, 2.05) is 7.05 Å². The van der Waals surface area contributed by atoms with E-state index in [9.17, 15) is 0 Å². The lowest BCUT2D eigenvalue weighted by atomic mass is 9.85. The molecule has 2 heteroatoms. The van der Waals surface area contributed by atoms with Gasteiger partial charge >= 0.3 is 0 Å². The fourth-order valence-electron chi connectivity index (χ4n) is 1.71. The summed E-state index contributed by atoms with van der Waals surface area (Å²) in [5.41, 5.74) is 0. The van der Waals surface area contributed by atoms with Gasteiger partial charge in [-0.3, -0.25) is 0 Å². The third-order valence-electron chi connectivity index (χ3n) is 3.02. The molecule has 1 N–H and O–H groups in total. The van der Waals surface area contributed by atoms with Crippen molar-refractivity contribution in [3.05, 3.63) is 0 Å². The predicted molar refractivity (Wildman–Crippen MR) is 53.4 cm³/mol. The molecule has 0 aromatic heterocycles. The Morgan fingerprint density at radius 2 is 2.17 bits per heavy atom. The number of nitrogens with one attached hydrogen (secondary N) is 1. The molecule has 12 heavy (non-hydrogen) atoms. The van der Waals surface area contributed by atoms with Gasteiger partial charge in [-0.25, -0.2) is 0 Å². The summed E-state index contributed by atoms with van der Waals surface area (Å²) in [6.07, 6.45) is 4.37. The Balaban J connectivity index is 2.12. The van der Waals surface area contributed by atoms with E-state index in [-0.39, 0.29) is 0 Å². The number of likely N-dealkylation sites (N-methyl/N-ethyl adjacent to an activating group) is 2. The molecule has 0 aromatic rings. The smallest absolute Gasteiger partial charge is 0.0189 e. The van der Waals surface area contributed by atoms with Crippen LogP contribution in [0.2, 0.25) is 0 Å². The molecular formula is C10H22N2. The molecule has 1 unspecified atom stereocenters. The van der Waals surface area contributed by atoms with Crippen LogP contribution >= 0.6 is 0 Å². The first-order valence-electron chi connectivity index (χ1n) is 5.09. The Labute approximate surface area is 76.3 Å². The molecule has 0 spiro atoms. The first kappa shape index (κ1) is 10.0. The molecule has 1 aliphatic carbocycles. The summed E-state index contributed by atoms with van der Waals surface area (Å²) >= 11 is 0. The molecule has 1 atom stereocenters. The molecule has 1 saturated carbocycles. The van der Waals surface area contributed by atoms with E-state index < -0.39 is 0 Å². The highest BCUT2D eigenvalue weighted by Gasteiger charge is 2.20. The van der Waals surface area contributed by atoms with Crippen molar-refractivity contribution in [1.29, 1.82) is 0 Å². The zero-order valence-corrected chi connectivity index (χ0v) is 8.64. The molecule has 1 rings (SSSR count). The third kappa shape index (κ3) is 2.76. The van der Waals surface area contributed by atoms with Gasteiger partial charge in [0.25, 0.3) is 0 Å². The van der Waals surface area contributed by atoms with Gasteiger partial charge < -0.3 is 10.2 Å². The minimum Gasteiger partial charge on any atom is -0.318 e. The van der Waals surface area contributed by atoms with Crippen molar-refractivity contribution in [3.8, 4) is 0 Å². The standard InChI is InChI=1S/C10H22N2/c1-9(7-11-2)12(3)8-10-5-4-6-10/h9-11H,4-8H2,1-3H3. The first-order chi connectivity index (χ1) is 5.74. The van der Waals surface area contributed by atoms with Crippen LogP contribution in [-0.2, 0) is 0 Å². The van der Waals surface area contributed by atoms with Gasteiger partial charge in [0.15, 0.2) is 0 Å². The summed E-state index contributed by atoms with van der Waals surface area (Å²) in [5, 5.41) is 3.22. The summed E-state index contributed by atoms with van der Waals surface area (Å²) < 4.78 is 0. The van der Waals surface area contributed by atoms with Crippen molar-refractivity contribution in [2.45, 2.75) is 32.2 Å². The molecule has 0 bridgehead atoms. The highest BCUT2D eigenvalue weighted by molar-refractivity contribution is 4.75. The SMILES string of the molecule is CNCC(C)N(C)CC1CCC1. The van der Waals surface area contributed by atoms with Crippen LogP contribution in [0.3, 0.4) is 0 Å². The minimum atomic E-state index is 0.676. The monoisotopic (exact) mass is 170 g/mol. The number of hydrogen-bond donors (Lipinski definition) is 1. The van der Waals surface area contributed by atoms with Crippen LogP contribution < -0.4 is 5.32 Å². The molecule has 0 radical (unpaired) electrons. The van der Waals surface area contributed by atoms with Gasteiger partial charge in [-0.2, -0.15) is 0 Å². The van der Waals surface area contributed by atoms with Crippen molar-refractivity contribution in [2.75, 3.05) is 27.2 Å². The molecule has 1 fully saturated rings. The number of nitrogens with zero attached hydrogens (tertiary/aromatic N) is 1. The second kappa shape index (κ2) is 4.83. The zero-order chi connectivity index (χ0) is 8.97. The maximum Gasteiger partial charge on any atom is 0.0189 e. The van der Waals surface area contributed by atoms with E-state index >= 15 is 0 Å². The quantitative estimate of drug-likeness (QED) is 0.669. The highest BCUT2D eigenvalue weighted by Crippen LogP contribution is 2.26. The van der Waals surface area contributed by atoms with Gasteiger partial charge in [-0.15, -0.1) is 0 Å². The van der Waals surface area contributed by atoms with Crippen LogP contribution in [0.4, 0.5) is 0 Å². The van der Waals surface area contributed by atoms with Gasteiger partial charge in [0.05, 0.1) is 0 Å². The van der Waals surface area contributed by atoms with Crippen molar-refractivity contribution in [3.63, 3.8) is 0 Å². The van der Waals surface area contributed by atoms with E-state index in [2.05, 4.69) is 24.2 Å². The second-order valence-corrected chi connectivity index (χ2v) is 4.14. The fourth-order valence-corrected chi connectivity index (χ4v) is 1.71. The Kier molecular flexibility index (Phi) is 4.02. The second-order valence-electron chi connectivity index (χ2n) is 4.14. The van der Waals surface area contributed by atoms with E-state index in [1.54, 1.807) is 0 Å². The fraction of sp³-hybridized carbons (Fsp3) is 1.00. The lowest BCUT2D eigenvalue weighted by Gasteiger charge is -2.33. The summed E-state index contributed by atoms with van der Waals surface area (Å²) in [6, 6.07) is 0.676. The lowest BCUT2D eigenvalue weighted by Crippen LogP contribution is -2.40. The van der Waals surface area contributed by atoms with Crippen molar-refractivity contribution < 1.29 is 0 Å². The molecule has 0 aliphatic heterocycles. The average molecular weight is 170 g/mol. The van der Waals surface area contributed by atoms with Crippen molar-refractivity contribution in [2.24, 2.45) is 5.92 Å². The molecule has 72 valence electrons. The summed E-state index contributed by atoms with van der Waals surface area (Å²) in [5.74, 6) is 0.995. The number of hydrogen-bond acceptors (Lipinski definition) is 2. The topological polar surface area (TPSA) is 15.3 Å². The van der Waals surface area contributed by atoms with Crippen molar-refractivity contribution in [1.82, 2.24) is 10.2 Å². The average Bonchev–Trinajstić information content (AvgIpc) is 1.97. The van der Waals surface area contributed by atoms with Gasteiger partial charge in [0, 0.05) is 19.1 Å². The van der Waals surface area contributed by atoms with E-state index in [4.69, 9.17) is 0 Å². The molecular weight excluding hydrogens is 148 g/mol. The minimum absolute atomic E-state index is 0.676. The summed E-state index contributed by atoms with van der Waals surface area (Å²) in [7, 11) is 4.26. The van der Waals surface area contributed by atoms with Crippen LogP contribution in [-0.4, -0.2) is 38.1 Å². The Morgan fingerprint density at radius 3 is 2.58 bits per heavy atom. The molecule has 0 aromatic carbocycles. The van der Waals surface area contributed by atoms with Crippen LogP contribution in [0.1, 0.15) is 26.2 Å². The van der Waals surface area contributed by atoms with Gasteiger partial charge in [-0.1, -0.05) is 6.42 Å². The van der Waals surface area contributed by atoms with E-state index in [0.717, 1.165) is 12.5 Å². The highest BCUT2D eigenvalue weighted by atomic mass is 15.1. The molecule has 2 nitrogen and oxygen atoms in total. The van der Waals surface area contributed by atoms with Gasteiger partial charge in [0.2, 0.25) is 0 Å². The first-order valence-corrected chi connectivity index (χ1v) is 5.09. The zero-order valence-electron chi connectivity index (χ0n) is 8.64. The Morgan fingerprint density at radius 1 is 1.50 bits per heavy atom. The van der Waals surface area contributed by atoms with Crippen LogP contribution in [0.25, 0.3) is 0 Å². The van der Waals surface area contributed by atoms with Gasteiger partial charge in [-0.05, 0) is 39.8 Å². The third-order valence-corrected chi connectivity index (χ3v) is 3.02. The Hall–Kier alpha value is -0.0800. The van der Waals surface area contributed by atoms with E-state index in [0.29, 0.717) is 6.04 Å². The maximum atomic E-state index is 3.22. The molecule has 0 amide bonds.